The topological polar surface area (TPSA) is 83.4 Å². The van der Waals surface area contributed by atoms with Crippen molar-refractivity contribution in [2.24, 2.45) is 0 Å². The number of rotatable bonds is 5. The van der Waals surface area contributed by atoms with Crippen molar-refractivity contribution < 1.29 is 9.18 Å². The molecule has 154 valence electrons. The van der Waals surface area contributed by atoms with Gasteiger partial charge in [0.1, 0.15) is 5.82 Å². The molecule has 7 nitrogen and oxygen atoms in total. The van der Waals surface area contributed by atoms with Crippen molar-refractivity contribution in [3.05, 3.63) is 79.5 Å². The largest absolute Gasteiger partial charge is 0.306 e. The van der Waals surface area contributed by atoms with Crippen LogP contribution in [0.25, 0.3) is 5.65 Å². The molecule has 4 rings (SSSR count). The fourth-order valence-electron chi connectivity index (χ4n) is 3.45. The second-order valence-corrected chi connectivity index (χ2v) is 8.13. The van der Waals surface area contributed by atoms with Crippen molar-refractivity contribution in [2.75, 3.05) is 4.90 Å². The molecule has 3 aromatic heterocycles. The predicted octanol–water partition coefficient (Wildman–Crippen LogP) is 3.32. The Morgan fingerprint density at radius 2 is 1.93 bits per heavy atom. The number of nitrogens with one attached hydrogen (secondary N) is 1. The molecule has 0 fully saturated rings. The highest BCUT2D eigenvalue weighted by Crippen LogP contribution is 2.22. The van der Waals surface area contributed by atoms with E-state index in [-0.39, 0.29) is 30.2 Å². The number of halogens is 1. The van der Waals surface area contributed by atoms with Gasteiger partial charge in [0.15, 0.2) is 5.65 Å². The summed E-state index contributed by atoms with van der Waals surface area (Å²) in [4.78, 5) is 35.5. The number of benzene rings is 1. The van der Waals surface area contributed by atoms with Crippen LogP contribution in [0.2, 0.25) is 0 Å². The van der Waals surface area contributed by atoms with Crippen LogP contribution >= 0.6 is 11.3 Å². The first-order valence-electron chi connectivity index (χ1n) is 9.36. The molecule has 0 bridgehead atoms. The zero-order chi connectivity index (χ0) is 21.4. The zero-order valence-electron chi connectivity index (χ0n) is 16.8. The van der Waals surface area contributed by atoms with Gasteiger partial charge in [-0.2, -0.15) is 0 Å². The molecule has 0 saturated carbocycles. The number of aromatic amines is 1. The molecule has 0 unspecified atom stereocenters. The van der Waals surface area contributed by atoms with E-state index in [0.717, 1.165) is 22.0 Å². The number of H-pyrrole nitrogens is 1. The number of carbonyl (C=O) groups excluding carboxylic acids is 1. The van der Waals surface area contributed by atoms with Crippen molar-refractivity contribution in [1.82, 2.24) is 19.6 Å². The molecule has 0 atom stereocenters. The zero-order valence-corrected chi connectivity index (χ0v) is 17.6. The van der Waals surface area contributed by atoms with Crippen molar-refractivity contribution in [3.8, 4) is 0 Å². The third-order valence-electron chi connectivity index (χ3n) is 4.96. The van der Waals surface area contributed by atoms with Gasteiger partial charge in [0.2, 0.25) is 5.91 Å². The predicted molar refractivity (Wildman–Crippen MR) is 113 cm³/mol. The molecule has 0 saturated heterocycles. The molecule has 0 spiro atoms. The lowest BCUT2D eigenvalue weighted by Gasteiger charge is -2.23. The number of hydrogen-bond acceptors (Lipinski definition) is 5. The SMILES string of the molecule is Cc1nc(CN(C(=O)Cc2c(C)nc3cc(=O)[nH]n3c2C)c2ccc(F)cc2)cs1. The van der Waals surface area contributed by atoms with Gasteiger partial charge in [-0.25, -0.2) is 18.9 Å². The minimum atomic E-state index is -0.367. The first-order valence-corrected chi connectivity index (χ1v) is 10.2. The minimum absolute atomic E-state index is 0.0846. The maximum atomic E-state index is 13.4. The van der Waals surface area contributed by atoms with Crippen LogP contribution in [-0.2, 0) is 17.8 Å². The van der Waals surface area contributed by atoms with E-state index in [1.165, 1.54) is 29.5 Å². The summed E-state index contributed by atoms with van der Waals surface area (Å²) in [6.07, 6.45) is 0.0846. The number of anilines is 1. The molecule has 9 heteroatoms. The highest BCUT2D eigenvalue weighted by atomic mass is 32.1. The Hall–Kier alpha value is -3.33. The molecular weight excluding hydrogens is 405 g/mol. The van der Waals surface area contributed by atoms with Crippen LogP contribution in [0.1, 0.15) is 27.7 Å². The van der Waals surface area contributed by atoms with Crippen molar-refractivity contribution in [3.63, 3.8) is 0 Å². The Kier molecular flexibility index (Phi) is 5.21. The lowest BCUT2D eigenvalue weighted by Crippen LogP contribution is -2.32. The van der Waals surface area contributed by atoms with Crippen molar-refractivity contribution in [1.29, 1.82) is 0 Å². The van der Waals surface area contributed by atoms with Crippen LogP contribution in [0.3, 0.4) is 0 Å². The van der Waals surface area contributed by atoms with Crippen molar-refractivity contribution in [2.45, 2.75) is 33.7 Å². The van der Waals surface area contributed by atoms with Gasteiger partial charge in [-0.05, 0) is 45.0 Å². The van der Waals surface area contributed by atoms with E-state index in [1.807, 2.05) is 26.2 Å². The van der Waals surface area contributed by atoms with Gasteiger partial charge in [0.25, 0.3) is 5.56 Å². The molecule has 1 N–H and O–H groups in total. The van der Waals surface area contributed by atoms with Crippen LogP contribution in [0.4, 0.5) is 10.1 Å². The van der Waals surface area contributed by atoms with Crippen LogP contribution in [0.5, 0.6) is 0 Å². The lowest BCUT2D eigenvalue weighted by molar-refractivity contribution is -0.118. The summed E-state index contributed by atoms with van der Waals surface area (Å²) >= 11 is 1.51. The second kappa shape index (κ2) is 7.83. The van der Waals surface area contributed by atoms with E-state index >= 15 is 0 Å². The minimum Gasteiger partial charge on any atom is -0.306 e. The molecule has 0 aliphatic carbocycles. The standard InChI is InChI=1S/C21H20FN5O2S/c1-12-18(13(2)27-19(23-12)9-20(28)25-27)8-21(29)26(10-16-11-30-14(3)24-16)17-6-4-15(22)5-7-17/h4-7,9,11H,8,10H2,1-3H3,(H,25,28). The number of amides is 1. The number of thiazole rings is 1. The second-order valence-electron chi connectivity index (χ2n) is 7.07. The quantitative estimate of drug-likeness (QED) is 0.532. The Morgan fingerprint density at radius 3 is 2.60 bits per heavy atom. The molecule has 30 heavy (non-hydrogen) atoms. The average molecular weight is 425 g/mol. The molecular formula is C21H20FN5O2S. The van der Waals surface area contributed by atoms with Gasteiger partial charge >= 0.3 is 0 Å². The Morgan fingerprint density at radius 1 is 1.20 bits per heavy atom. The fraction of sp³-hybridized carbons (Fsp3) is 0.238. The fourth-order valence-corrected chi connectivity index (χ4v) is 4.05. The third kappa shape index (κ3) is 3.88. The Balaban J connectivity index is 1.70. The number of aryl methyl sites for hydroxylation is 3. The van der Waals surface area contributed by atoms with E-state index in [1.54, 1.807) is 21.5 Å². The molecule has 0 radical (unpaired) electrons. The maximum Gasteiger partial charge on any atom is 0.266 e. The number of hydrogen-bond donors (Lipinski definition) is 1. The first kappa shape index (κ1) is 20.0. The van der Waals surface area contributed by atoms with Gasteiger partial charge in [-0.1, -0.05) is 0 Å². The summed E-state index contributed by atoms with van der Waals surface area (Å²) in [6.45, 7) is 5.85. The summed E-state index contributed by atoms with van der Waals surface area (Å²) in [5.74, 6) is -0.539. The summed E-state index contributed by atoms with van der Waals surface area (Å²) in [6, 6.07) is 7.24. The molecule has 3 heterocycles. The highest BCUT2D eigenvalue weighted by Gasteiger charge is 2.21. The van der Waals surface area contributed by atoms with Gasteiger partial charge in [0, 0.05) is 34.1 Å². The first-order chi connectivity index (χ1) is 14.3. The van der Waals surface area contributed by atoms with Gasteiger partial charge in [-0.3, -0.25) is 14.7 Å². The summed E-state index contributed by atoms with van der Waals surface area (Å²) in [5.41, 5.74) is 3.79. The summed E-state index contributed by atoms with van der Waals surface area (Å²) < 4.78 is 15.0. The van der Waals surface area contributed by atoms with Crippen LogP contribution in [0, 0.1) is 26.6 Å². The Bertz CT molecular complexity index is 1290. The number of aromatic nitrogens is 4. The van der Waals surface area contributed by atoms with Crippen LogP contribution < -0.4 is 10.5 Å². The van der Waals surface area contributed by atoms with Crippen LogP contribution in [0.15, 0.2) is 40.5 Å². The van der Waals surface area contributed by atoms with E-state index in [9.17, 15) is 14.0 Å². The normalized spacial score (nSPS) is 11.2. The van der Waals surface area contributed by atoms with E-state index < -0.39 is 0 Å². The molecule has 4 aromatic rings. The van der Waals surface area contributed by atoms with E-state index in [0.29, 0.717) is 17.0 Å². The highest BCUT2D eigenvalue weighted by molar-refractivity contribution is 7.09. The molecule has 0 aliphatic rings. The van der Waals surface area contributed by atoms with Crippen molar-refractivity contribution >= 4 is 28.6 Å². The monoisotopic (exact) mass is 425 g/mol. The molecule has 1 amide bonds. The number of carbonyl (C=O) groups is 1. The third-order valence-corrected chi connectivity index (χ3v) is 5.78. The van der Waals surface area contributed by atoms with Crippen LogP contribution in [-0.4, -0.2) is 25.5 Å². The Labute approximate surface area is 175 Å². The average Bonchev–Trinajstić information content (AvgIpc) is 3.28. The van der Waals surface area contributed by atoms with E-state index in [2.05, 4.69) is 15.1 Å². The van der Waals surface area contributed by atoms with E-state index in [4.69, 9.17) is 0 Å². The molecule has 1 aromatic carbocycles. The summed E-state index contributed by atoms with van der Waals surface area (Å²) in [5, 5.41) is 5.52. The number of nitrogens with zero attached hydrogens (tertiary/aromatic N) is 4. The smallest absolute Gasteiger partial charge is 0.266 e. The maximum absolute atomic E-state index is 13.4. The lowest BCUT2D eigenvalue weighted by atomic mass is 10.1. The summed E-state index contributed by atoms with van der Waals surface area (Å²) in [7, 11) is 0. The van der Waals surface area contributed by atoms with Gasteiger partial charge in [-0.15, -0.1) is 11.3 Å². The van der Waals surface area contributed by atoms with Gasteiger partial charge < -0.3 is 4.90 Å². The molecule has 0 aliphatic heterocycles. The number of fused-ring (bicyclic) bond motifs is 1. The van der Waals surface area contributed by atoms with Gasteiger partial charge in [0.05, 0.1) is 23.7 Å².